The van der Waals surface area contributed by atoms with Crippen molar-refractivity contribution in [3.8, 4) is 0 Å². The summed E-state index contributed by atoms with van der Waals surface area (Å²) in [5.74, 6) is 0.314. The van der Waals surface area contributed by atoms with Gasteiger partial charge in [-0.15, -0.1) is 0 Å². The van der Waals surface area contributed by atoms with E-state index in [1.165, 1.54) is 0 Å². The summed E-state index contributed by atoms with van der Waals surface area (Å²) >= 11 is 3.42. The molecular formula is C15H20BrNO2. The normalized spacial score (nSPS) is 22.4. The quantitative estimate of drug-likeness (QED) is 0.874. The second-order valence-electron chi connectivity index (χ2n) is 5.19. The van der Waals surface area contributed by atoms with E-state index in [0.29, 0.717) is 13.0 Å². The molecule has 3 nitrogen and oxygen atoms in total. The summed E-state index contributed by atoms with van der Waals surface area (Å²) in [5.41, 5.74) is 1.16. The fourth-order valence-electron chi connectivity index (χ4n) is 2.54. The summed E-state index contributed by atoms with van der Waals surface area (Å²) in [6.45, 7) is 0.610. The number of nitrogens with one attached hydrogen (secondary N) is 1. The van der Waals surface area contributed by atoms with Crippen LogP contribution in [0.15, 0.2) is 28.7 Å². The summed E-state index contributed by atoms with van der Waals surface area (Å²) in [7, 11) is 0. The number of aliphatic hydroxyl groups is 1. The van der Waals surface area contributed by atoms with Crippen LogP contribution in [0.5, 0.6) is 0 Å². The topological polar surface area (TPSA) is 49.3 Å². The molecule has 2 rings (SSSR count). The van der Waals surface area contributed by atoms with E-state index in [9.17, 15) is 9.90 Å². The van der Waals surface area contributed by atoms with E-state index in [2.05, 4.69) is 21.2 Å². The van der Waals surface area contributed by atoms with Crippen molar-refractivity contribution in [2.75, 3.05) is 6.54 Å². The molecule has 4 heteroatoms. The third-order valence-electron chi connectivity index (χ3n) is 3.71. The number of amides is 1. The lowest BCUT2D eigenvalue weighted by Gasteiger charge is -2.15. The van der Waals surface area contributed by atoms with Crippen molar-refractivity contribution in [3.05, 3.63) is 34.3 Å². The van der Waals surface area contributed by atoms with Crippen LogP contribution >= 0.6 is 15.9 Å². The summed E-state index contributed by atoms with van der Waals surface area (Å²) in [6.07, 6.45) is 3.98. The van der Waals surface area contributed by atoms with Crippen molar-refractivity contribution in [3.63, 3.8) is 0 Å². The van der Waals surface area contributed by atoms with Gasteiger partial charge in [-0.05, 0) is 37.0 Å². The third-order valence-corrected chi connectivity index (χ3v) is 4.20. The molecule has 0 aromatic heterocycles. The zero-order valence-electron chi connectivity index (χ0n) is 10.9. The van der Waals surface area contributed by atoms with Gasteiger partial charge in [-0.1, -0.05) is 34.5 Å². The van der Waals surface area contributed by atoms with Crippen LogP contribution in [0.3, 0.4) is 0 Å². The third kappa shape index (κ3) is 4.62. The monoisotopic (exact) mass is 325 g/mol. The van der Waals surface area contributed by atoms with Gasteiger partial charge in [-0.3, -0.25) is 4.79 Å². The average Bonchev–Trinajstić information content (AvgIpc) is 2.80. The Bertz CT molecular complexity index is 436. The summed E-state index contributed by atoms with van der Waals surface area (Å²) in [4.78, 5) is 11.8. The Labute approximate surface area is 122 Å². The number of carbonyl (C=O) groups excluding carboxylic acids is 1. The minimum atomic E-state index is -0.231. The van der Waals surface area contributed by atoms with Gasteiger partial charge >= 0.3 is 0 Å². The van der Waals surface area contributed by atoms with E-state index in [0.717, 1.165) is 35.7 Å². The highest BCUT2D eigenvalue weighted by atomic mass is 79.9. The first-order chi connectivity index (χ1) is 9.15. The molecule has 1 amide bonds. The second-order valence-corrected chi connectivity index (χ2v) is 6.11. The number of halogens is 1. The maximum absolute atomic E-state index is 11.8. The Balaban J connectivity index is 1.70. The van der Waals surface area contributed by atoms with Gasteiger partial charge in [0.1, 0.15) is 0 Å². The fourth-order valence-corrected chi connectivity index (χ4v) is 2.99. The first-order valence-electron chi connectivity index (χ1n) is 6.84. The summed E-state index contributed by atoms with van der Waals surface area (Å²) in [6, 6.07) is 8.02. The van der Waals surface area contributed by atoms with Gasteiger partial charge in [-0.2, -0.15) is 0 Å². The van der Waals surface area contributed by atoms with Crippen LogP contribution in [0.1, 0.15) is 31.2 Å². The molecule has 1 aliphatic rings. The Morgan fingerprint density at radius 3 is 2.95 bits per heavy atom. The molecular weight excluding hydrogens is 306 g/mol. The van der Waals surface area contributed by atoms with Crippen LogP contribution < -0.4 is 5.32 Å². The Morgan fingerprint density at radius 1 is 1.42 bits per heavy atom. The van der Waals surface area contributed by atoms with E-state index in [4.69, 9.17) is 0 Å². The zero-order valence-corrected chi connectivity index (χ0v) is 12.5. The maximum Gasteiger partial charge on any atom is 0.220 e. The van der Waals surface area contributed by atoms with Crippen LogP contribution in [0.2, 0.25) is 0 Å². The van der Waals surface area contributed by atoms with Crippen molar-refractivity contribution in [1.29, 1.82) is 0 Å². The molecule has 2 N–H and O–H groups in total. The highest BCUT2D eigenvalue weighted by molar-refractivity contribution is 9.10. The Kier molecular flexibility index (Phi) is 5.40. The molecule has 1 aromatic rings. The van der Waals surface area contributed by atoms with Gasteiger partial charge in [0, 0.05) is 23.4 Å². The minimum absolute atomic E-state index is 0.0686. The van der Waals surface area contributed by atoms with Gasteiger partial charge < -0.3 is 10.4 Å². The van der Waals surface area contributed by atoms with Gasteiger partial charge in [0.15, 0.2) is 0 Å². The summed E-state index contributed by atoms with van der Waals surface area (Å²) in [5, 5.41) is 12.6. The van der Waals surface area contributed by atoms with Crippen molar-refractivity contribution in [1.82, 2.24) is 5.32 Å². The lowest BCUT2D eigenvalue weighted by molar-refractivity contribution is -0.121. The number of aryl methyl sites for hydroxylation is 1. The Hall–Kier alpha value is -0.870. The molecule has 0 heterocycles. The molecule has 104 valence electrons. The van der Waals surface area contributed by atoms with Crippen LogP contribution in [0, 0.1) is 5.92 Å². The molecule has 19 heavy (non-hydrogen) atoms. The smallest absolute Gasteiger partial charge is 0.220 e. The number of benzene rings is 1. The highest BCUT2D eigenvalue weighted by Gasteiger charge is 2.25. The number of rotatable bonds is 5. The molecule has 0 spiro atoms. The molecule has 2 unspecified atom stereocenters. The predicted molar refractivity (Wildman–Crippen MR) is 78.8 cm³/mol. The van der Waals surface area contributed by atoms with Gasteiger partial charge in [-0.25, -0.2) is 0 Å². The van der Waals surface area contributed by atoms with Crippen molar-refractivity contribution in [2.45, 2.75) is 38.2 Å². The maximum atomic E-state index is 11.8. The molecule has 1 aromatic carbocycles. The van der Waals surface area contributed by atoms with Crippen LogP contribution in [0.25, 0.3) is 0 Å². The van der Waals surface area contributed by atoms with Crippen molar-refractivity contribution >= 4 is 21.8 Å². The molecule has 1 fully saturated rings. The molecule has 2 atom stereocenters. The molecule has 0 bridgehead atoms. The van der Waals surface area contributed by atoms with Crippen molar-refractivity contribution in [2.24, 2.45) is 5.92 Å². The number of hydrogen-bond acceptors (Lipinski definition) is 2. The van der Waals surface area contributed by atoms with Gasteiger partial charge in [0.05, 0.1) is 6.10 Å². The standard InChI is InChI=1S/C15H20BrNO2/c16-13-5-1-3-11(9-13)7-8-15(19)17-10-12-4-2-6-14(12)18/h1,3,5,9,12,14,18H,2,4,6-8,10H2,(H,17,19). The van der Waals surface area contributed by atoms with Crippen LogP contribution in [-0.4, -0.2) is 23.7 Å². The molecule has 1 aliphatic carbocycles. The van der Waals surface area contributed by atoms with Crippen LogP contribution in [-0.2, 0) is 11.2 Å². The SMILES string of the molecule is O=C(CCc1cccc(Br)c1)NCC1CCCC1O. The van der Waals surface area contributed by atoms with E-state index in [1.54, 1.807) is 0 Å². The molecule has 0 saturated heterocycles. The van der Waals surface area contributed by atoms with E-state index >= 15 is 0 Å². The van der Waals surface area contributed by atoms with Gasteiger partial charge in [0.25, 0.3) is 0 Å². The molecule has 0 radical (unpaired) electrons. The van der Waals surface area contributed by atoms with Gasteiger partial charge in [0.2, 0.25) is 5.91 Å². The molecule has 1 saturated carbocycles. The minimum Gasteiger partial charge on any atom is -0.393 e. The Morgan fingerprint density at radius 2 is 2.26 bits per heavy atom. The fraction of sp³-hybridized carbons (Fsp3) is 0.533. The number of aliphatic hydroxyl groups excluding tert-OH is 1. The largest absolute Gasteiger partial charge is 0.393 e. The molecule has 0 aliphatic heterocycles. The van der Waals surface area contributed by atoms with E-state index in [-0.39, 0.29) is 17.9 Å². The lowest BCUT2D eigenvalue weighted by atomic mass is 10.1. The number of carbonyl (C=O) groups is 1. The zero-order chi connectivity index (χ0) is 13.7. The van der Waals surface area contributed by atoms with E-state index in [1.807, 2.05) is 24.3 Å². The number of hydrogen-bond donors (Lipinski definition) is 2. The van der Waals surface area contributed by atoms with Crippen LogP contribution in [0.4, 0.5) is 0 Å². The predicted octanol–water partition coefficient (Wildman–Crippen LogP) is 2.66. The first-order valence-corrected chi connectivity index (χ1v) is 7.63. The highest BCUT2D eigenvalue weighted by Crippen LogP contribution is 2.24. The second kappa shape index (κ2) is 7.06. The average molecular weight is 326 g/mol. The van der Waals surface area contributed by atoms with Crippen molar-refractivity contribution < 1.29 is 9.90 Å². The summed E-state index contributed by atoms with van der Waals surface area (Å²) < 4.78 is 1.04. The van der Waals surface area contributed by atoms with E-state index < -0.39 is 0 Å². The lowest BCUT2D eigenvalue weighted by Crippen LogP contribution is -2.32. The first kappa shape index (κ1) is 14.5.